The van der Waals surface area contributed by atoms with Gasteiger partial charge >= 0.3 is 6.09 Å². The molecule has 2 aromatic rings. The molecule has 0 saturated carbocycles. The minimum atomic E-state index is -0.499. The Hall–Kier alpha value is -2.45. The fraction of sp³-hybridized carbons (Fsp3) is 0.316. The maximum Gasteiger partial charge on any atom is 0.407 e. The molecule has 0 atom stereocenters. The lowest BCUT2D eigenvalue weighted by Gasteiger charge is -2.19. The zero-order chi connectivity index (χ0) is 17.4. The molecule has 0 saturated heterocycles. The lowest BCUT2D eigenvalue weighted by atomic mass is 10.2. The smallest absolute Gasteiger partial charge is 0.407 e. The van der Waals surface area contributed by atoms with E-state index < -0.39 is 11.7 Å². The molecule has 1 N–H and O–H groups in total. The quantitative estimate of drug-likeness (QED) is 0.673. The summed E-state index contributed by atoms with van der Waals surface area (Å²) in [6.07, 6.45) is -0.443. The van der Waals surface area contributed by atoms with Crippen molar-refractivity contribution >= 4 is 17.4 Å². The Balaban J connectivity index is 1.79. The predicted molar refractivity (Wildman–Crippen MR) is 96.5 cm³/mol. The van der Waals surface area contributed by atoms with E-state index >= 15 is 0 Å². The number of amides is 1. The summed E-state index contributed by atoms with van der Waals surface area (Å²) < 4.78 is 10.8. The first kappa shape index (κ1) is 17.9. The summed E-state index contributed by atoms with van der Waals surface area (Å²) >= 11 is 1.61. The monoisotopic (exact) mass is 343 g/mol. The van der Waals surface area contributed by atoms with Gasteiger partial charge in [-0.2, -0.15) is 0 Å². The van der Waals surface area contributed by atoms with E-state index in [0.717, 1.165) is 16.2 Å². The van der Waals surface area contributed by atoms with Gasteiger partial charge in [-0.25, -0.2) is 4.79 Å². The van der Waals surface area contributed by atoms with Crippen LogP contribution in [0.4, 0.5) is 4.79 Å². The average molecular weight is 343 g/mol. The largest absolute Gasteiger partial charge is 0.492 e. The summed E-state index contributed by atoms with van der Waals surface area (Å²) in [5, 5.41) is 4.66. The molecular formula is C19H21NO3S. The second-order valence-corrected chi connectivity index (χ2v) is 6.98. The van der Waals surface area contributed by atoms with Crippen LogP contribution in [0.25, 0.3) is 0 Å². The molecule has 1 amide bonds. The zero-order valence-electron chi connectivity index (χ0n) is 14.1. The molecule has 126 valence electrons. The number of hydrogen-bond donors (Lipinski definition) is 1. The van der Waals surface area contributed by atoms with Gasteiger partial charge < -0.3 is 14.8 Å². The predicted octanol–water partition coefficient (Wildman–Crippen LogP) is 4.05. The zero-order valence-corrected chi connectivity index (χ0v) is 14.9. The molecule has 24 heavy (non-hydrogen) atoms. The van der Waals surface area contributed by atoms with Crippen LogP contribution >= 0.6 is 11.3 Å². The van der Waals surface area contributed by atoms with Crippen molar-refractivity contribution in [1.29, 1.82) is 0 Å². The highest BCUT2D eigenvalue weighted by atomic mass is 32.1. The Bertz CT molecular complexity index is 721. The van der Waals surface area contributed by atoms with Crippen LogP contribution in [0.1, 0.15) is 31.2 Å². The normalized spacial score (nSPS) is 10.5. The van der Waals surface area contributed by atoms with Gasteiger partial charge in [0.25, 0.3) is 0 Å². The first-order valence-corrected chi connectivity index (χ1v) is 8.55. The van der Waals surface area contributed by atoms with Gasteiger partial charge in [0.1, 0.15) is 18.0 Å². The Morgan fingerprint density at radius 3 is 2.75 bits per heavy atom. The van der Waals surface area contributed by atoms with Crippen LogP contribution in [0.15, 0.2) is 41.8 Å². The van der Waals surface area contributed by atoms with Crippen LogP contribution in [0.5, 0.6) is 5.75 Å². The van der Waals surface area contributed by atoms with Crippen molar-refractivity contribution in [1.82, 2.24) is 5.32 Å². The lowest BCUT2D eigenvalue weighted by molar-refractivity contribution is 0.0520. The molecule has 0 aliphatic heterocycles. The number of nitrogens with one attached hydrogen (secondary N) is 1. The van der Waals surface area contributed by atoms with Crippen molar-refractivity contribution in [2.75, 3.05) is 13.2 Å². The molecule has 0 aliphatic carbocycles. The van der Waals surface area contributed by atoms with Crippen LogP contribution < -0.4 is 10.1 Å². The summed E-state index contributed by atoms with van der Waals surface area (Å²) in [6, 6.07) is 11.5. The van der Waals surface area contributed by atoms with Crippen molar-refractivity contribution < 1.29 is 14.3 Å². The molecule has 0 unspecified atom stereocenters. The second kappa shape index (κ2) is 8.42. The Kier molecular flexibility index (Phi) is 6.28. The third kappa shape index (κ3) is 6.76. The number of benzene rings is 1. The van der Waals surface area contributed by atoms with Gasteiger partial charge in [0, 0.05) is 5.56 Å². The minimum Gasteiger partial charge on any atom is -0.492 e. The van der Waals surface area contributed by atoms with Crippen LogP contribution in [0, 0.1) is 11.8 Å². The molecule has 0 spiro atoms. The number of ether oxygens (including phenoxy) is 2. The molecule has 2 rings (SSSR count). The highest BCUT2D eigenvalue weighted by Gasteiger charge is 2.15. The van der Waals surface area contributed by atoms with Gasteiger partial charge in [0.05, 0.1) is 11.4 Å². The van der Waals surface area contributed by atoms with Gasteiger partial charge in [-0.15, -0.1) is 11.3 Å². The third-order valence-electron chi connectivity index (χ3n) is 2.72. The van der Waals surface area contributed by atoms with E-state index in [4.69, 9.17) is 9.47 Å². The second-order valence-electron chi connectivity index (χ2n) is 6.03. The van der Waals surface area contributed by atoms with Crippen LogP contribution in [0.2, 0.25) is 0 Å². The van der Waals surface area contributed by atoms with Crippen molar-refractivity contribution in [2.24, 2.45) is 0 Å². The fourth-order valence-electron chi connectivity index (χ4n) is 1.78. The van der Waals surface area contributed by atoms with E-state index in [9.17, 15) is 4.79 Å². The van der Waals surface area contributed by atoms with Crippen molar-refractivity contribution in [3.05, 3.63) is 52.2 Å². The van der Waals surface area contributed by atoms with Gasteiger partial charge in [-0.05, 0) is 50.4 Å². The standard InChI is InChI=1S/C19H21NO3S/c1-19(2,3)23-18(21)20-11-12-22-16-7-4-6-15(14-16)9-10-17-8-5-13-24-17/h4-8,13-14H,11-12H2,1-3H3,(H,20,21). The summed E-state index contributed by atoms with van der Waals surface area (Å²) in [4.78, 5) is 12.5. The Morgan fingerprint density at radius 1 is 1.21 bits per heavy atom. The number of rotatable bonds is 4. The number of thiophene rings is 1. The van der Waals surface area contributed by atoms with Gasteiger partial charge in [0.15, 0.2) is 0 Å². The number of carbonyl (C=O) groups is 1. The molecule has 1 aromatic carbocycles. The number of carbonyl (C=O) groups excluding carboxylic acids is 1. The van der Waals surface area contributed by atoms with E-state index in [1.165, 1.54) is 0 Å². The van der Waals surface area contributed by atoms with E-state index in [-0.39, 0.29) is 0 Å². The van der Waals surface area contributed by atoms with Crippen LogP contribution in [-0.2, 0) is 4.74 Å². The summed E-state index contributed by atoms with van der Waals surface area (Å²) in [7, 11) is 0. The van der Waals surface area contributed by atoms with Crippen LogP contribution in [-0.4, -0.2) is 24.8 Å². The number of alkyl carbamates (subject to hydrolysis) is 1. The summed E-state index contributed by atoms with van der Waals surface area (Å²) in [5.74, 6) is 6.95. The molecule has 0 radical (unpaired) electrons. The molecule has 1 aromatic heterocycles. The Morgan fingerprint density at radius 2 is 2.04 bits per heavy atom. The van der Waals surface area contributed by atoms with E-state index in [0.29, 0.717) is 13.2 Å². The molecule has 5 heteroatoms. The van der Waals surface area contributed by atoms with Crippen molar-refractivity contribution in [2.45, 2.75) is 26.4 Å². The SMILES string of the molecule is CC(C)(C)OC(=O)NCCOc1cccc(C#Cc2cccs2)c1. The topological polar surface area (TPSA) is 47.6 Å². The molecule has 4 nitrogen and oxygen atoms in total. The molecule has 0 fully saturated rings. The van der Waals surface area contributed by atoms with Gasteiger partial charge in [-0.1, -0.05) is 24.0 Å². The maximum atomic E-state index is 11.5. The van der Waals surface area contributed by atoms with Gasteiger partial charge in [0.2, 0.25) is 0 Å². The first-order valence-electron chi connectivity index (χ1n) is 7.68. The third-order valence-corrected chi connectivity index (χ3v) is 3.51. The number of hydrogen-bond acceptors (Lipinski definition) is 4. The highest BCUT2D eigenvalue weighted by Crippen LogP contribution is 2.13. The summed E-state index contributed by atoms with van der Waals surface area (Å²) in [5.41, 5.74) is 0.390. The summed E-state index contributed by atoms with van der Waals surface area (Å²) in [6.45, 7) is 6.21. The maximum absolute atomic E-state index is 11.5. The highest BCUT2D eigenvalue weighted by molar-refractivity contribution is 7.10. The minimum absolute atomic E-state index is 0.362. The molecule has 0 bridgehead atoms. The molecule has 0 aliphatic rings. The van der Waals surface area contributed by atoms with E-state index in [2.05, 4.69) is 17.2 Å². The van der Waals surface area contributed by atoms with E-state index in [1.54, 1.807) is 11.3 Å². The lowest BCUT2D eigenvalue weighted by Crippen LogP contribution is -2.34. The first-order chi connectivity index (χ1) is 11.4. The van der Waals surface area contributed by atoms with Crippen LogP contribution in [0.3, 0.4) is 0 Å². The van der Waals surface area contributed by atoms with Crippen molar-refractivity contribution in [3.63, 3.8) is 0 Å². The average Bonchev–Trinajstić information content (AvgIpc) is 3.02. The molecule has 1 heterocycles. The molecular weight excluding hydrogens is 322 g/mol. The van der Waals surface area contributed by atoms with Gasteiger partial charge in [-0.3, -0.25) is 0 Å². The van der Waals surface area contributed by atoms with E-state index in [1.807, 2.05) is 62.5 Å². The van der Waals surface area contributed by atoms with Crippen molar-refractivity contribution in [3.8, 4) is 17.6 Å². The fourth-order valence-corrected chi connectivity index (χ4v) is 2.35. The Labute approximate surface area is 146 Å².